The summed E-state index contributed by atoms with van der Waals surface area (Å²) in [5, 5.41) is 2.79. The molecule has 0 aromatic heterocycles. The number of carbonyl (C=O) groups excluding carboxylic acids is 1. The third-order valence-corrected chi connectivity index (χ3v) is 4.81. The van der Waals surface area contributed by atoms with E-state index >= 15 is 0 Å². The smallest absolute Gasteiger partial charge is 0.235 e. The molecule has 1 rings (SSSR count). The number of aryl methyl sites for hydroxylation is 1. The molecule has 0 aliphatic heterocycles. The third-order valence-electron chi connectivity index (χ3n) is 3.55. The molecule has 130 valence electrons. The molecule has 1 amide bonds. The Balaban J connectivity index is 2.90. The van der Waals surface area contributed by atoms with Crippen molar-refractivity contribution < 1.29 is 22.7 Å². The fourth-order valence-electron chi connectivity index (χ4n) is 2.15. The first-order valence-electron chi connectivity index (χ1n) is 7.03. The van der Waals surface area contributed by atoms with Crippen LogP contribution in [0.2, 0.25) is 0 Å². The molecule has 8 heteroatoms. The zero-order valence-electron chi connectivity index (χ0n) is 14.3. The number of hydrogen-bond donors (Lipinski definition) is 1. The van der Waals surface area contributed by atoms with Gasteiger partial charge in [0.1, 0.15) is 0 Å². The first-order chi connectivity index (χ1) is 10.6. The standard InChI is InChI=1S/C15H24N2O5S/c1-10-7-13(21-4)14(22-5)8-12(10)11(2)16-15(18)9-17(3)23(6,19)20/h7-8,11H,9H2,1-6H3,(H,16,18)/t11-/m1/s1. The van der Waals surface area contributed by atoms with Crippen molar-refractivity contribution in [1.29, 1.82) is 0 Å². The van der Waals surface area contributed by atoms with E-state index in [4.69, 9.17) is 9.47 Å². The van der Waals surface area contributed by atoms with Crippen LogP contribution in [0.1, 0.15) is 24.1 Å². The van der Waals surface area contributed by atoms with Crippen LogP contribution in [0.5, 0.6) is 11.5 Å². The predicted molar refractivity (Wildman–Crippen MR) is 88.3 cm³/mol. The van der Waals surface area contributed by atoms with E-state index in [1.54, 1.807) is 20.3 Å². The molecule has 0 heterocycles. The zero-order valence-corrected chi connectivity index (χ0v) is 15.2. The second kappa shape index (κ2) is 7.65. The Kier molecular flexibility index (Phi) is 6.40. The van der Waals surface area contributed by atoms with Crippen LogP contribution in [-0.4, -0.2) is 52.7 Å². The second-order valence-corrected chi connectivity index (χ2v) is 7.46. The number of benzene rings is 1. The van der Waals surface area contributed by atoms with E-state index in [2.05, 4.69) is 5.32 Å². The van der Waals surface area contributed by atoms with Crippen LogP contribution in [0.4, 0.5) is 0 Å². The molecule has 0 saturated carbocycles. The van der Waals surface area contributed by atoms with Crippen molar-refractivity contribution in [3.63, 3.8) is 0 Å². The summed E-state index contributed by atoms with van der Waals surface area (Å²) in [6.45, 7) is 3.50. The minimum Gasteiger partial charge on any atom is -0.493 e. The van der Waals surface area contributed by atoms with E-state index < -0.39 is 10.0 Å². The maximum absolute atomic E-state index is 12.0. The summed E-state index contributed by atoms with van der Waals surface area (Å²) in [5.41, 5.74) is 1.81. The monoisotopic (exact) mass is 344 g/mol. The van der Waals surface area contributed by atoms with Crippen LogP contribution in [0, 0.1) is 6.92 Å². The quantitative estimate of drug-likeness (QED) is 0.800. The van der Waals surface area contributed by atoms with E-state index in [0.29, 0.717) is 11.5 Å². The minimum atomic E-state index is -3.39. The first-order valence-corrected chi connectivity index (χ1v) is 8.88. The molecule has 0 spiro atoms. The summed E-state index contributed by atoms with van der Waals surface area (Å²) in [6, 6.07) is 3.34. The summed E-state index contributed by atoms with van der Waals surface area (Å²) >= 11 is 0. The summed E-state index contributed by atoms with van der Waals surface area (Å²) in [5.74, 6) is 0.811. The van der Waals surface area contributed by atoms with E-state index in [9.17, 15) is 13.2 Å². The molecular weight excluding hydrogens is 320 g/mol. The van der Waals surface area contributed by atoms with Gasteiger partial charge < -0.3 is 14.8 Å². The highest BCUT2D eigenvalue weighted by atomic mass is 32.2. The van der Waals surface area contributed by atoms with Gasteiger partial charge in [0.15, 0.2) is 11.5 Å². The van der Waals surface area contributed by atoms with Gasteiger partial charge in [-0.25, -0.2) is 8.42 Å². The highest BCUT2D eigenvalue weighted by Gasteiger charge is 2.19. The number of ether oxygens (including phenoxy) is 2. The predicted octanol–water partition coefficient (Wildman–Crippen LogP) is 1.08. The van der Waals surface area contributed by atoms with Gasteiger partial charge in [-0.05, 0) is 37.1 Å². The third kappa shape index (κ3) is 5.11. The molecule has 0 unspecified atom stereocenters. The Morgan fingerprint density at radius 3 is 2.26 bits per heavy atom. The van der Waals surface area contributed by atoms with E-state index in [-0.39, 0.29) is 18.5 Å². The van der Waals surface area contributed by atoms with Crippen molar-refractivity contribution in [3.8, 4) is 11.5 Å². The lowest BCUT2D eigenvalue weighted by Crippen LogP contribution is -2.38. The topological polar surface area (TPSA) is 84.9 Å². The fraction of sp³-hybridized carbons (Fsp3) is 0.533. The largest absolute Gasteiger partial charge is 0.493 e. The summed E-state index contributed by atoms with van der Waals surface area (Å²) in [6.07, 6.45) is 1.06. The molecule has 0 aliphatic carbocycles. The maximum atomic E-state index is 12.0. The Bertz CT molecular complexity index is 673. The number of nitrogens with zero attached hydrogens (tertiary/aromatic N) is 1. The average molecular weight is 344 g/mol. The van der Waals surface area contributed by atoms with Crippen molar-refractivity contribution in [2.24, 2.45) is 0 Å². The first kappa shape index (κ1) is 19.2. The lowest BCUT2D eigenvalue weighted by Gasteiger charge is -2.20. The van der Waals surface area contributed by atoms with Crippen molar-refractivity contribution >= 4 is 15.9 Å². The number of amides is 1. The van der Waals surface area contributed by atoms with E-state index in [0.717, 1.165) is 21.7 Å². The van der Waals surface area contributed by atoms with Gasteiger partial charge in [0, 0.05) is 7.05 Å². The van der Waals surface area contributed by atoms with Gasteiger partial charge in [-0.15, -0.1) is 0 Å². The number of nitrogens with one attached hydrogen (secondary N) is 1. The van der Waals surface area contributed by atoms with Gasteiger partial charge in [-0.1, -0.05) is 0 Å². The Morgan fingerprint density at radius 1 is 1.26 bits per heavy atom. The zero-order chi connectivity index (χ0) is 17.8. The van der Waals surface area contributed by atoms with Crippen molar-refractivity contribution in [1.82, 2.24) is 9.62 Å². The number of hydrogen-bond acceptors (Lipinski definition) is 5. The van der Waals surface area contributed by atoms with Crippen LogP contribution in [0.15, 0.2) is 12.1 Å². The summed E-state index contributed by atoms with van der Waals surface area (Å²) in [7, 11) is 1.07. The molecule has 0 aliphatic rings. The number of sulfonamides is 1. The normalized spacial score (nSPS) is 12.8. The van der Waals surface area contributed by atoms with Crippen molar-refractivity contribution in [2.45, 2.75) is 19.9 Å². The molecule has 7 nitrogen and oxygen atoms in total. The molecule has 0 radical (unpaired) electrons. The van der Waals surface area contributed by atoms with Gasteiger partial charge in [0.05, 0.1) is 33.1 Å². The molecule has 1 atom stereocenters. The number of carbonyl (C=O) groups is 1. The summed E-state index contributed by atoms with van der Waals surface area (Å²) < 4.78 is 34.2. The second-order valence-electron chi connectivity index (χ2n) is 5.37. The molecule has 1 aromatic carbocycles. The van der Waals surface area contributed by atoms with Crippen molar-refractivity contribution in [3.05, 3.63) is 23.3 Å². The SMILES string of the molecule is COc1cc(C)c([C@@H](C)NC(=O)CN(C)S(C)(=O)=O)cc1OC. The van der Waals surface area contributed by atoms with Crippen LogP contribution < -0.4 is 14.8 Å². The minimum absolute atomic E-state index is 0.227. The lowest BCUT2D eigenvalue weighted by molar-refractivity contribution is -0.121. The molecule has 0 saturated heterocycles. The summed E-state index contributed by atoms with van der Waals surface area (Å²) in [4.78, 5) is 12.0. The lowest BCUT2D eigenvalue weighted by atomic mass is 10.0. The Hall–Kier alpha value is -1.80. The van der Waals surface area contributed by atoms with Crippen LogP contribution in [-0.2, 0) is 14.8 Å². The van der Waals surface area contributed by atoms with Gasteiger partial charge in [0.2, 0.25) is 15.9 Å². The highest BCUT2D eigenvalue weighted by molar-refractivity contribution is 7.88. The van der Waals surface area contributed by atoms with Crippen LogP contribution in [0.3, 0.4) is 0 Å². The number of likely N-dealkylation sites (N-methyl/N-ethyl adjacent to an activating group) is 1. The molecule has 23 heavy (non-hydrogen) atoms. The molecule has 0 bridgehead atoms. The van der Waals surface area contributed by atoms with Gasteiger partial charge in [-0.3, -0.25) is 4.79 Å². The molecule has 1 aromatic rings. The highest BCUT2D eigenvalue weighted by Crippen LogP contribution is 2.32. The number of methoxy groups -OCH3 is 2. The molecular formula is C15H24N2O5S. The Morgan fingerprint density at radius 2 is 1.78 bits per heavy atom. The van der Waals surface area contributed by atoms with Gasteiger partial charge >= 0.3 is 0 Å². The molecule has 0 fully saturated rings. The van der Waals surface area contributed by atoms with Gasteiger partial charge in [-0.2, -0.15) is 4.31 Å². The average Bonchev–Trinajstić information content (AvgIpc) is 2.45. The maximum Gasteiger partial charge on any atom is 0.235 e. The van der Waals surface area contributed by atoms with Gasteiger partial charge in [0.25, 0.3) is 0 Å². The fourth-order valence-corrected chi connectivity index (χ4v) is 2.50. The van der Waals surface area contributed by atoms with Crippen LogP contribution >= 0.6 is 0 Å². The van der Waals surface area contributed by atoms with E-state index in [1.165, 1.54) is 7.05 Å². The Labute approximate surface area is 137 Å². The number of rotatable bonds is 7. The van der Waals surface area contributed by atoms with E-state index in [1.807, 2.05) is 19.9 Å². The molecule has 1 N–H and O–H groups in total. The van der Waals surface area contributed by atoms with Crippen LogP contribution in [0.25, 0.3) is 0 Å². The van der Waals surface area contributed by atoms with Crippen molar-refractivity contribution in [2.75, 3.05) is 34.1 Å².